The lowest BCUT2D eigenvalue weighted by atomic mass is 9.83. The lowest BCUT2D eigenvalue weighted by Crippen LogP contribution is -2.38. The molecule has 3 heterocycles. The number of allylic oxidation sites excluding steroid dienone is 1. The number of thiazole rings is 1. The van der Waals surface area contributed by atoms with E-state index in [1.807, 2.05) is 18.2 Å². The molecule has 0 saturated carbocycles. The summed E-state index contributed by atoms with van der Waals surface area (Å²) in [5, 5.41) is 23.0. The number of rotatable bonds is 5. The molecule has 10 nitrogen and oxygen atoms in total. The number of nitro benzene ring substituents is 2. The maximum absolute atomic E-state index is 14.0. The molecule has 1 aliphatic heterocycles. The van der Waals surface area contributed by atoms with Crippen molar-refractivity contribution in [3.05, 3.63) is 152 Å². The van der Waals surface area contributed by atoms with Crippen molar-refractivity contribution < 1.29 is 14.3 Å². The zero-order valence-electron chi connectivity index (χ0n) is 22.1. The summed E-state index contributed by atoms with van der Waals surface area (Å²) in [5.41, 5.74) is 4.38. The molecule has 0 saturated heterocycles. The van der Waals surface area contributed by atoms with Gasteiger partial charge in [-0.2, -0.15) is 0 Å². The Balaban J connectivity index is 1.38. The van der Waals surface area contributed by atoms with Crippen LogP contribution in [0.15, 0.2) is 98.6 Å². The van der Waals surface area contributed by atoms with Crippen molar-refractivity contribution in [3.8, 4) is 11.3 Å². The lowest BCUT2D eigenvalue weighted by molar-refractivity contribution is -0.385. The standard InChI is InChI=1S/C31H19ClN4O6S/c32-24-12-9-18(15-25(24)36(40)41)26-13-10-21(42-26)16-27-30(37)34-29(19-5-3-6-20(14-19)35(38)39)23-11-8-17-4-1-2-7-22(17)28(23)33-31(34)43-27/h1-7,9-10,12-16,29H,8,11H2/b27-16+/t29-/m1/s1. The van der Waals surface area contributed by atoms with Gasteiger partial charge >= 0.3 is 0 Å². The third kappa shape index (κ3) is 4.59. The van der Waals surface area contributed by atoms with Crippen LogP contribution in [0.3, 0.4) is 0 Å². The Hall–Kier alpha value is -5.13. The first kappa shape index (κ1) is 26.7. The molecule has 0 unspecified atom stereocenters. The zero-order chi connectivity index (χ0) is 29.8. The number of aromatic nitrogens is 1. The fourth-order valence-corrected chi connectivity index (χ4v) is 6.82. The summed E-state index contributed by atoms with van der Waals surface area (Å²) in [5.74, 6) is 0.749. The van der Waals surface area contributed by atoms with Gasteiger partial charge in [0.15, 0.2) is 4.80 Å². The molecule has 0 N–H and O–H groups in total. The normalized spacial score (nSPS) is 15.8. The molecule has 2 aromatic heterocycles. The SMILES string of the molecule is O=c1/c(=C\c2ccc(-c3ccc(Cl)c([N+](=O)[O-])c3)o2)sc2n1[C@H](c1cccc([N+](=O)[O-])c1)C1=C(N=2)c2ccccc2CC1. The minimum absolute atomic E-state index is 0.0188. The summed E-state index contributed by atoms with van der Waals surface area (Å²) in [7, 11) is 0. The molecule has 0 spiro atoms. The average Bonchev–Trinajstić information content (AvgIpc) is 3.60. The molecule has 7 rings (SSSR count). The van der Waals surface area contributed by atoms with E-state index < -0.39 is 15.9 Å². The Morgan fingerprint density at radius 1 is 0.977 bits per heavy atom. The maximum atomic E-state index is 14.0. The summed E-state index contributed by atoms with van der Waals surface area (Å²) < 4.78 is 7.92. The molecular formula is C31H19ClN4O6S. The van der Waals surface area contributed by atoms with E-state index in [4.69, 9.17) is 21.0 Å². The van der Waals surface area contributed by atoms with Crippen molar-refractivity contribution >= 4 is 46.1 Å². The van der Waals surface area contributed by atoms with Gasteiger partial charge in [-0.15, -0.1) is 0 Å². The molecule has 0 amide bonds. The maximum Gasteiger partial charge on any atom is 0.288 e. The molecule has 2 aliphatic rings. The van der Waals surface area contributed by atoms with Crippen LogP contribution in [0, 0.1) is 20.2 Å². The molecule has 12 heteroatoms. The minimum Gasteiger partial charge on any atom is -0.457 e. The van der Waals surface area contributed by atoms with Crippen molar-refractivity contribution in [1.82, 2.24) is 4.57 Å². The van der Waals surface area contributed by atoms with E-state index in [0.717, 1.165) is 28.8 Å². The topological polar surface area (TPSA) is 134 Å². The van der Waals surface area contributed by atoms with Gasteiger partial charge in [0, 0.05) is 35.4 Å². The van der Waals surface area contributed by atoms with Gasteiger partial charge in [-0.3, -0.25) is 29.6 Å². The van der Waals surface area contributed by atoms with Gasteiger partial charge in [0.1, 0.15) is 16.5 Å². The molecule has 1 atom stereocenters. The van der Waals surface area contributed by atoms with Gasteiger partial charge in [-0.1, -0.05) is 59.3 Å². The highest BCUT2D eigenvalue weighted by atomic mass is 35.5. The van der Waals surface area contributed by atoms with Crippen LogP contribution in [0.25, 0.3) is 23.1 Å². The van der Waals surface area contributed by atoms with E-state index in [1.165, 1.54) is 35.6 Å². The van der Waals surface area contributed by atoms with Crippen LogP contribution in [-0.2, 0) is 6.42 Å². The van der Waals surface area contributed by atoms with E-state index in [9.17, 15) is 25.0 Å². The summed E-state index contributed by atoms with van der Waals surface area (Å²) in [4.78, 5) is 41.4. The first-order chi connectivity index (χ1) is 20.8. The number of nitro groups is 2. The molecular weight excluding hydrogens is 592 g/mol. The van der Waals surface area contributed by atoms with Crippen LogP contribution < -0.4 is 14.9 Å². The van der Waals surface area contributed by atoms with E-state index in [-0.39, 0.29) is 22.0 Å². The molecule has 5 aromatic rings. The number of furan rings is 1. The van der Waals surface area contributed by atoms with E-state index in [2.05, 4.69) is 6.07 Å². The Morgan fingerprint density at radius 2 is 1.81 bits per heavy atom. The molecule has 212 valence electrons. The van der Waals surface area contributed by atoms with Gasteiger partial charge in [0.05, 0.1) is 26.1 Å². The van der Waals surface area contributed by atoms with Crippen LogP contribution in [0.2, 0.25) is 5.02 Å². The highest BCUT2D eigenvalue weighted by Crippen LogP contribution is 2.41. The smallest absolute Gasteiger partial charge is 0.288 e. The van der Waals surface area contributed by atoms with Crippen LogP contribution in [-0.4, -0.2) is 14.4 Å². The fourth-order valence-electron chi connectivity index (χ4n) is 5.65. The van der Waals surface area contributed by atoms with E-state index in [0.29, 0.717) is 38.4 Å². The van der Waals surface area contributed by atoms with E-state index in [1.54, 1.807) is 41.0 Å². The number of fused-ring (bicyclic) bond motifs is 3. The third-order valence-corrected chi connectivity index (χ3v) is 8.90. The Kier molecular flexibility index (Phi) is 6.41. The zero-order valence-corrected chi connectivity index (χ0v) is 23.7. The third-order valence-electron chi connectivity index (χ3n) is 7.60. The summed E-state index contributed by atoms with van der Waals surface area (Å²) in [6, 6.07) is 21.6. The second-order valence-corrected chi connectivity index (χ2v) is 11.5. The molecule has 0 fully saturated rings. The minimum atomic E-state index is -0.566. The molecule has 3 aromatic carbocycles. The summed E-state index contributed by atoms with van der Waals surface area (Å²) in [6.45, 7) is 0. The van der Waals surface area contributed by atoms with Crippen LogP contribution in [0.4, 0.5) is 11.4 Å². The molecule has 43 heavy (non-hydrogen) atoms. The number of nitrogens with zero attached hydrogens (tertiary/aromatic N) is 4. The molecule has 1 aliphatic carbocycles. The number of halogens is 1. The number of non-ortho nitro benzene ring substituents is 1. The van der Waals surface area contributed by atoms with Gasteiger partial charge in [-0.05, 0) is 53.8 Å². The highest BCUT2D eigenvalue weighted by molar-refractivity contribution is 7.07. The summed E-state index contributed by atoms with van der Waals surface area (Å²) >= 11 is 7.15. The number of hydrogen-bond donors (Lipinski definition) is 0. The molecule has 0 bridgehead atoms. The van der Waals surface area contributed by atoms with Crippen molar-refractivity contribution in [2.45, 2.75) is 18.9 Å². The van der Waals surface area contributed by atoms with Crippen molar-refractivity contribution in [3.63, 3.8) is 0 Å². The summed E-state index contributed by atoms with van der Waals surface area (Å²) in [6.07, 6.45) is 3.03. The quantitative estimate of drug-likeness (QED) is 0.176. The van der Waals surface area contributed by atoms with Crippen LogP contribution in [0.5, 0.6) is 0 Å². The Bertz CT molecular complexity index is 2210. The van der Waals surface area contributed by atoms with Gasteiger partial charge in [0.25, 0.3) is 16.9 Å². The van der Waals surface area contributed by atoms with E-state index >= 15 is 0 Å². The van der Waals surface area contributed by atoms with Crippen molar-refractivity contribution in [2.24, 2.45) is 4.99 Å². The Labute approximate surface area is 251 Å². The van der Waals surface area contributed by atoms with Crippen LogP contribution in [0.1, 0.15) is 34.9 Å². The largest absolute Gasteiger partial charge is 0.457 e. The predicted octanol–water partition coefficient (Wildman–Crippen LogP) is 6.05. The fraction of sp³-hybridized carbons (Fsp3) is 0.0968. The van der Waals surface area contributed by atoms with Crippen molar-refractivity contribution in [1.29, 1.82) is 0 Å². The van der Waals surface area contributed by atoms with Gasteiger partial charge < -0.3 is 4.42 Å². The Morgan fingerprint density at radius 3 is 2.63 bits per heavy atom. The van der Waals surface area contributed by atoms with Gasteiger partial charge in [0.2, 0.25) is 0 Å². The van der Waals surface area contributed by atoms with Crippen LogP contribution >= 0.6 is 22.9 Å². The molecule has 0 radical (unpaired) electrons. The average molecular weight is 611 g/mol. The monoisotopic (exact) mass is 610 g/mol. The lowest BCUT2D eigenvalue weighted by Gasteiger charge is -2.30. The number of benzene rings is 3. The van der Waals surface area contributed by atoms with Gasteiger partial charge in [-0.25, -0.2) is 4.99 Å². The first-order valence-corrected chi connectivity index (χ1v) is 14.4. The second kappa shape index (κ2) is 10.3. The second-order valence-electron chi connectivity index (χ2n) is 10.1. The van der Waals surface area contributed by atoms with Crippen molar-refractivity contribution in [2.75, 3.05) is 0 Å². The predicted molar refractivity (Wildman–Crippen MR) is 162 cm³/mol. The highest BCUT2D eigenvalue weighted by Gasteiger charge is 2.33. The number of aryl methyl sites for hydroxylation is 1. The number of hydrogen-bond acceptors (Lipinski definition) is 8. The first-order valence-electron chi connectivity index (χ1n) is 13.2.